The van der Waals surface area contributed by atoms with E-state index in [-0.39, 0.29) is 34.5 Å². The van der Waals surface area contributed by atoms with E-state index in [4.69, 9.17) is 5.53 Å². The molecule has 1 heterocycles. The molecule has 6 nitrogen and oxygen atoms in total. The maximum Gasteiger partial charge on any atom is 0.295 e. The molecular weight excluding hydrogens is 342 g/mol. The molecule has 0 fully saturated rings. The topological polar surface area (TPSA) is 98.7 Å². The molecular formula is C21H23N3O3. The van der Waals surface area contributed by atoms with E-state index in [1.807, 2.05) is 45.9 Å². The molecule has 0 atom stereocenters. The van der Waals surface area contributed by atoms with E-state index in [2.05, 4.69) is 5.11 Å². The monoisotopic (exact) mass is 365 g/mol. The summed E-state index contributed by atoms with van der Waals surface area (Å²) in [6.07, 6.45) is 0. The van der Waals surface area contributed by atoms with Crippen LogP contribution in [0.25, 0.3) is 16.5 Å². The highest BCUT2D eigenvalue weighted by atomic mass is 16.3. The number of hydrogen-bond acceptors (Lipinski definition) is 4. The molecule has 0 unspecified atom stereocenters. The third-order valence-corrected chi connectivity index (χ3v) is 4.85. The summed E-state index contributed by atoms with van der Waals surface area (Å²) in [7, 11) is 0. The molecule has 3 rings (SSSR count). The highest BCUT2D eigenvalue weighted by molar-refractivity contribution is 6.11. The molecule has 2 aromatic carbocycles. The van der Waals surface area contributed by atoms with E-state index in [0.29, 0.717) is 5.39 Å². The van der Waals surface area contributed by atoms with Crippen LogP contribution in [0.4, 0.5) is 0 Å². The minimum atomic E-state index is -0.769. The first-order valence-electron chi connectivity index (χ1n) is 8.89. The zero-order valence-electron chi connectivity index (χ0n) is 15.8. The minimum absolute atomic E-state index is 0.0853. The average molecular weight is 365 g/mol. The lowest BCUT2D eigenvalue weighted by Gasteiger charge is -2.21. The van der Waals surface area contributed by atoms with Gasteiger partial charge >= 0.3 is 0 Å². The second kappa shape index (κ2) is 6.87. The Morgan fingerprint density at radius 2 is 1.52 bits per heavy atom. The minimum Gasteiger partial charge on any atom is -0.494 e. The first-order valence-corrected chi connectivity index (χ1v) is 8.89. The zero-order valence-corrected chi connectivity index (χ0v) is 15.8. The zero-order chi connectivity index (χ0) is 19.9. The number of hydrogen-bond donors (Lipinski definition) is 3. The second-order valence-corrected chi connectivity index (χ2v) is 7.22. The predicted molar refractivity (Wildman–Crippen MR) is 104 cm³/mol. The number of fused-ring (bicyclic) bond motifs is 1. The lowest BCUT2D eigenvalue weighted by molar-refractivity contribution is 0.0992. The summed E-state index contributed by atoms with van der Waals surface area (Å²) in [6, 6.07) is 10.6. The van der Waals surface area contributed by atoms with Gasteiger partial charge in [0.25, 0.3) is 5.91 Å². The average Bonchev–Trinajstić information content (AvgIpc) is 2.90. The number of para-hydroxylation sites is 1. The van der Waals surface area contributed by atoms with Crippen molar-refractivity contribution in [2.45, 2.75) is 39.5 Å². The molecule has 0 spiro atoms. The van der Waals surface area contributed by atoms with Crippen LogP contribution in [0.15, 0.2) is 41.5 Å². The van der Waals surface area contributed by atoms with Crippen molar-refractivity contribution in [1.82, 2.24) is 4.57 Å². The van der Waals surface area contributed by atoms with Gasteiger partial charge in [-0.15, -0.1) is 5.11 Å². The molecule has 1 amide bonds. The van der Waals surface area contributed by atoms with Gasteiger partial charge < -0.3 is 10.2 Å². The third-order valence-electron chi connectivity index (χ3n) is 4.85. The molecule has 0 aliphatic carbocycles. The highest BCUT2D eigenvalue weighted by Gasteiger charge is 2.26. The summed E-state index contributed by atoms with van der Waals surface area (Å²) in [4.78, 5) is 12.0. The molecule has 0 aliphatic heterocycles. The van der Waals surface area contributed by atoms with Gasteiger partial charge in [-0.3, -0.25) is 4.79 Å². The quantitative estimate of drug-likeness (QED) is 0.535. The summed E-state index contributed by atoms with van der Waals surface area (Å²) >= 11 is 0. The lowest BCUT2D eigenvalue weighted by atomic mass is 9.92. The van der Waals surface area contributed by atoms with E-state index in [0.717, 1.165) is 16.8 Å². The smallest absolute Gasteiger partial charge is 0.295 e. The van der Waals surface area contributed by atoms with Crippen molar-refractivity contribution in [1.29, 1.82) is 5.53 Å². The number of amides is 1. The molecule has 3 aromatic rings. The summed E-state index contributed by atoms with van der Waals surface area (Å²) in [5, 5.41) is 25.4. The number of nitrogens with zero attached hydrogens (tertiary/aromatic N) is 2. The Morgan fingerprint density at radius 1 is 0.963 bits per heavy atom. The fourth-order valence-corrected chi connectivity index (χ4v) is 3.53. The van der Waals surface area contributed by atoms with Crippen LogP contribution < -0.4 is 0 Å². The van der Waals surface area contributed by atoms with Crippen molar-refractivity contribution in [3.8, 4) is 17.4 Å². The SMILES string of the molecule is CC(C)c1cccc(C(C)C)c1-n1c(O)c2cccc(C(=O)N=N)c2c1O. The van der Waals surface area contributed by atoms with Gasteiger partial charge in [0.15, 0.2) is 0 Å². The largest absolute Gasteiger partial charge is 0.494 e. The highest BCUT2D eigenvalue weighted by Crippen LogP contribution is 2.44. The molecule has 1 aromatic heterocycles. The molecule has 0 bridgehead atoms. The molecule has 0 radical (unpaired) electrons. The van der Waals surface area contributed by atoms with Crippen molar-refractivity contribution in [2.24, 2.45) is 5.11 Å². The molecule has 0 saturated heterocycles. The van der Waals surface area contributed by atoms with Crippen LogP contribution in [0.2, 0.25) is 0 Å². The van der Waals surface area contributed by atoms with Crippen molar-refractivity contribution in [3.05, 3.63) is 53.1 Å². The van der Waals surface area contributed by atoms with Crippen LogP contribution in [0.1, 0.15) is 61.0 Å². The van der Waals surface area contributed by atoms with E-state index < -0.39 is 5.91 Å². The second-order valence-electron chi connectivity index (χ2n) is 7.22. The Balaban J connectivity index is 2.48. The van der Waals surface area contributed by atoms with Gasteiger partial charge in [-0.1, -0.05) is 52.0 Å². The third kappa shape index (κ3) is 2.87. The Bertz CT molecular complexity index is 1020. The van der Waals surface area contributed by atoms with Crippen molar-refractivity contribution in [2.75, 3.05) is 0 Å². The van der Waals surface area contributed by atoms with Gasteiger partial charge in [0.2, 0.25) is 11.8 Å². The van der Waals surface area contributed by atoms with Gasteiger partial charge in [0, 0.05) is 5.39 Å². The molecule has 3 N–H and O–H groups in total. The fourth-order valence-electron chi connectivity index (χ4n) is 3.53. The summed E-state index contributed by atoms with van der Waals surface area (Å²) in [6.45, 7) is 8.20. The number of carbonyl (C=O) groups is 1. The Morgan fingerprint density at radius 3 is 2.04 bits per heavy atom. The number of carbonyl (C=O) groups excluding carboxylic acids is 1. The van der Waals surface area contributed by atoms with Crippen LogP contribution in [0.3, 0.4) is 0 Å². The van der Waals surface area contributed by atoms with Crippen molar-refractivity contribution in [3.63, 3.8) is 0 Å². The van der Waals surface area contributed by atoms with E-state index in [1.54, 1.807) is 12.1 Å². The predicted octanol–water partition coefficient (Wildman–Crippen LogP) is 5.46. The van der Waals surface area contributed by atoms with Crippen molar-refractivity contribution < 1.29 is 15.0 Å². The maximum absolute atomic E-state index is 12.0. The van der Waals surface area contributed by atoms with Gasteiger partial charge in [-0.2, -0.15) is 0 Å². The van der Waals surface area contributed by atoms with Crippen LogP contribution in [0.5, 0.6) is 11.8 Å². The Kier molecular flexibility index (Phi) is 4.74. The normalized spacial score (nSPS) is 11.5. The number of aromatic nitrogens is 1. The van der Waals surface area contributed by atoms with Crippen LogP contribution in [-0.4, -0.2) is 20.7 Å². The van der Waals surface area contributed by atoms with E-state index in [1.165, 1.54) is 10.6 Å². The van der Waals surface area contributed by atoms with Crippen molar-refractivity contribution >= 4 is 16.7 Å². The molecule has 0 saturated carbocycles. The first-order chi connectivity index (χ1) is 12.8. The van der Waals surface area contributed by atoms with E-state index in [9.17, 15) is 15.0 Å². The van der Waals surface area contributed by atoms with Gasteiger partial charge in [0.1, 0.15) is 0 Å². The fraction of sp³-hybridized carbons (Fsp3) is 0.286. The lowest BCUT2D eigenvalue weighted by Crippen LogP contribution is -2.06. The molecule has 6 heteroatoms. The first kappa shape index (κ1) is 18.6. The maximum atomic E-state index is 12.0. The Hall–Kier alpha value is -3.15. The number of rotatable bonds is 4. The standard InChI is InChI=1S/C21H23N3O3/c1-11(2)13-7-5-8-14(12(3)4)18(13)24-20(26)16-10-6-9-15(19(25)23-22)17(16)21(24)27/h5-12,22,26-27H,1-4H3. The molecule has 140 valence electrons. The summed E-state index contributed by atoms with van der Waals surface area (Å²) < 4.78 is 1.40. The van der Waals surface area contributed by atoms with Crippen LogP contribution >= 0.6 is 0 Å². The number of nitrogens with one attached hydrogen (secondary N) is 1. The van der Waals surface area contributed by atoms with Gasteiger partial charge in [0.05, 0.1) is 16.6 Å². The molecule has 0 aliphatic rings. The Labute approximate surface area is 157 Å². The van der Waals surface area contributed by atoms with Crippen LogP contribution in [-0.2, 0) is 0 Å². The van der Waals surface area contributed by atoms with Gasteiger partial charge in [-0.05, 0) is 35.1 Å². The summed E-state index contributed by atoms with van der Waals surface area (Å²) in [5.74, 6) is -0.823. The van der Waals surface area contributed by atoms with Crippen LogP contribution in [0, 0.1) is 5.53 Å². The number of benzene rings is 2. The number of aromatic hydroxyl groups is 2. The molecule has 27 heavy (non-hydrogen) atoms. The van der Waals surface area contributed by atoms with E-state index >= 15 is 0 Å². The van der Waals surface area contributed by atoms with Gasteiger partial charge in [-0.25, -0.2) is 10.1 Å². The summed E-state index contributed by atoms with van der Waals surface area (Å²) in [5.41, 5.74) is 9.78.